The lowest BCUT2D eigenvalue weighted by Gasteiger charge is -1.95. The first-order valence-electron chi connectivity index (χ1n) is 4.32. The van der Waals surface area contributed by atoms with Crippen LogP contribution in [0.25, 0.3) is 21.5 Å². The van der Waals surface area contributed by atoms with Gasteiger partial charge in [0.25, 0.3) is 0 Å². The van der Waals surface area contributed by atoms with E-state index in [0.717, 1.165) is 16.1 Å². The summed E-state index contributed by atoms with van der Waals surface area (Å²) in [4.78, 5) is 7.33. The lowest BCUT2D eigenvalue weighted by molar-refractivity contribution is 1.40. The van der Waals surface area contributed by atoms with Crippen molar-refractivity contribution in [2.75, 3.05) is 0 Å². The minimum atomic E-state index is 1.02. The number of aromatic nitrogens is 2. The average molecular weight is 199 g/mol. The molecule has 0 unspecified atom stereocenters. The summed E-state index contributed by atoms with van der Waals surface area (Å²) < 4.78 is 0. The van der Waals surface area contributed by atoms with Gasteiger partial charge in [-0.1, -0.05) is 0 Å². The molecule has 2 nitrogen and oxygen atoms in total. The van der Waals surface area contributed by atoms with E-state index in [1.54, 1.807) is 11.3 Å². The van der Waals surface area contributed by atoms with E-state index in [-0.39, 0.29) is 0 Å². The van der Waals surface area contributed by atoms with Crippen LogP contribution in [0.15, 0.2) is 35.8 Å². The van der Waals surface area contributed by atoms with Gasteiger partial charge in [-0.2, -0.15) is 0 Å². The molecular formula is C11H7N2S. The minimum absolute atomic E-state index is 1.02. The Morgan fingerprint density at radius 3 is 3.14 bits per heavy atom. The van der Waals surface area contributed by atoms with Crippen molar-refractivity contribution in [3.8, 4) is 10.6 Å². The van der Waals surface area contributed by atoms with Crippen LogP contribution >= 0.6 is 11.3 Å². The molecule has 0 aliphatic heterocycles. The predicted octanol–water partition coefficient (Wildman–Crippen LogP) is 3.09. The van der Waals surface area contributed by atoms with Gasteiger partial charge in [-0.25, -0.2) is 4.98 Å². The Kier molecular flexibility index (Phi) is 1.64. The first kappa shape index (κ1) is 7.76. The molecule has 3 rings (SSSR count). The summed E-state index contributed by atoms with van der Waals surface area (Å²) in [5.74, 6) is 0. The zero-order valence-electron chi connectivity index (χ0n) is 7.32. The van der Waals surface area contributed by atoms with Crippen LogP contribution in [-0.4, -0.2) is 9.97 Å². The first-order chi connectivity index (χ1) is 6.93. The van der Waals surface area contributed by atoms with E-state index in [4.69, 9.17) is 0 Å². The Bertz CT molecular complexity index is 551. The number of thiazole rings is 1. The molecule has 1 N–H and O–H groups in total. The number of benzene rings is 1. The second-order valence-corrected chi connectivity index (χ2v) is 3.92. The fourth-order valence-electron chi connectivity index (χ4n) is 1.51. The van der Waals surface area contributed by atoms with Crippen molar-refractivity contribution in [1.82, 2.24) is 9.97 Å². The molecule has 0 saturated heterocycles. The highest BCUT2D eigenvalue weighted by Crippen LogP contribution is 2.24. The molecule has 3 heteroatoms. The molecule has 1 radical (unpaired) electrons. The molecule has 67 valence electrons. The fraction of sp³-hybridized carbons (Fsp3) is 0. The normalized spacial score (nSPS) is 10.9. The van der Waals surface area contributed by atoms with Crippen LogP contribution in [0.5, 0.6) is 0 Å². The van der Waals surface area contributed by atoms with Crippen LogP contribution in [0.3, 0.4) is 0 Å². The van der Waals surface area contributed by atoms with E-state index in [9.17, 15) is 0 Å². The van der Waals surface area contributed by atoms with Gasteiger partial charge in [-0.15, -0.1) is 11.3 Å². The third-order valence-electron chi connectivity index (χ3n) is 2.19. The summed E-state index contributed by atoms with van der Waals surface area (Å²) in [5, 5.41) is 4.11. The third kappa shape index (κ3) is 1.14. The SMILES string of the molecule is [c]1csc(-c2ccc3[nH]ccc3c2)n1. The predicted molar refractivity (Wildman–Crippen MR) is 58.2 cm³/mol. The Labute approximate surface area is 85.2 Å². The highest BCUT2D eigenvalue weighted by atomic mass is 32.1. The van der Waals surface area contributed by atoms with Gasteiger partial charge in [0.2, 0.25) is 0 Å². The zero-order chi connectivity index (χ0) is 9.38. The number of hydrogen-bond donors (Lipinski definition) is 1. The standard InChI is InChI=1S/C11H7N2S/c1-2-10-8(3-4-12-10)7-9(1)11-13-5-6-14-11/h1-4,6-7,12H. The Morgan fingerprint density at radius 2 is 2.29 bits per heavy atom. The van der Waals surface area contributed by atoms with Crippen LogP contribution < -0.4 is 0 Å². The quantitative estimate of drug-likeness (QED) is 0.641. The Hall–Kier alpha value is -1.61. The molecule has 0 amide bonds. The van der Waals surface area contributed by atoms with Gasteiger partial charge in [0, 0.05) is 28.0 Å². The summed E-state index contributed by atoms with van der Waals surface area (Å²) in [6.07, 6.45) is 4.78. The van der Waals surface area contributed by atoms with E-state index in [1.807, 2.05) is 11.6 Å². The number of aromatic amines is 1. The summed E-state index contributed by atoms with van der Waals surface area (Å²) >= 11 is 1.61. The number of H-pyrrole nitrogens is 1. The van der Waals surface area contributed by atoms with Crippen molar-refractivity contribution >= 4 is 22.2 Å². The largest absolute Gasteiger partial charge is 0.361 e. The molecule has 0 saturated carbocycles. The number of nitrogens with one attached hydrogen (secondary N) is 1. The Morgan fingerprint density at radius 1 is 1.29 bits per heavy atom. The van der Waals surface area contributed by atoms with Gasteiger partial charge in [-0.05, 0) is 24.3 Å². The highest BCUT2D eigenvalue weighted by Gasteiger charge is 2.01. The van der Waals surface area contributed by atoms with Crippen molar-refractivity contribution < 1.29 is 0 Å². The molecule has 0 aliphatic carbocycles. The van der Waals surface area contributed by atoms with Crippen molar-refractivity contribution in [2.24, 2.45) is 0 Å². The second-order valence-electron chi connectivity index (χ2n) is 3.06. The first-order valence-corrected chi connectivity index (χ1v) is 5.20. The smallest absolute Gasteiger partial charge is 0.124 e. The van der Waals surface area contributed by atoms with E-state index in [2.05, 4.69) is 40.4 Å². The van der Waals surface area contributed by atoms with Gasteiger partial charge < -0.3 is 4.98 Å². The number of rotatable bonds is 1. The number of fused-ring (bicyclic) bond motifs is 1. The molecule has 3 aromatic rings. The van der Waals surface area contributed by atoms with E-state index < -0.39 is 0 Å². The molecule has 2 heterocycles. The van der Waals surface area contributed by atoms with Gasteiger partial charge >= 0.3 is 0 Å². The van der Waals surface area contributed by atoms with Crippen molar-refractivity contribution in [1.29, 1.82) is 0 Å². The number of nitrogens with zero attached hydrogens (tertiary/aromatic N) is 1. The van der Waals surface area contributed by atoms with Crippen LogP contribution in [0.2, 0.25) is 0 Å². The molecule has 0 bridgehead atoms. The Balaban J connectivity index is 2.23. The lowest BCUT2D eigenvalue weighted by Crippen LogP contribution is -1.75. The van der Waals surface area contributed by atoms with Crippen LogP contribution in [0.1, 0.15) is 0 Å². The van der Waals surface area contributed by atoms with Crippen LogP contribution in [0.4, 0.5) is 0 Å². The minimum Gasteiger partial charge on any atom is -0.361 e. The second kappa shape index (κ2) is 2.96. The molecule has 0 atom stereocenters. The van der Waals surface area contributed by atoms with Gasteiger partial charge in [0.15, 0.2) is 0 Å². The van der Waals surface area contributed by atoms with Crippen LogP contribution in [0, 0.1) is 6.20 Å². The molecule has 0 fully saturated rings. The highest BCUT2D eigenvalue weighted by molar-refractivity contribution is 7.13. The zero-order valence-corrected chi connectivity index (χ0v) is 8.14. The maximum Gasteiger partial charge on any atom is 0.124 e. The maximum atomic E-state index is 4.16. The third-order valence-corrected chi connectivity index (χ3v) is 2.96. The monoisotopic (exact) mass is 199 g/mol. The lowest BCUT2D eigenvalue weighted by atomic mass is 10.2. The molecule has 14 heavy (non-hydrogen) atoms. The topological polar surface area (TPSA) is 28.7 Å². The summed E-state index contributed by atoms with van der Waals surface area (Å²) in [5.41, 5.74) is 2.32. The molecule has 0 spiro atoms. The fourth-order valence-corrected chi connectivity index (χ4v) is 2.10. The molecule has 1 aromatic carbocycles. The van der Waals surface area contributed by atoms with E-state index >= 15 is 0 Å². The average Bonchev–Trinajstić information content (AvgIpc) is 2.88. The molecule has 0 aliphatic rings. The number of hydrogen-bond acceptors (Lipinski definition) is 2. The van der Waals surface area contributed by atoms with E-state index in [0.29, 0.717) is 0 Å². The van der Waals surface area contributed by atoms with Crippen molar-refractivity contribution in [3.05, 3.63) is 42.0 Å². The summed E-state index contributed by atoms with van der Waals surface area (Å²) in [7, 11) is 0. The summed E-state index contributed by atoms with van der Waals surface area (Å²) in [6, 6.07) is 8.35. The van der Waals surface area contributed by atoms with Gasteiger partial charge in [0.05, 0.1) is 0 Å². The van der Waals surface area contributed by atoms with Crippen molar-refractivity contribution in [3.63, 3.8) is 0 Å². The summed E-state index contributed by atoms with van der Waals surface area (Å²) in [6.45, 7) is 0. The van der Waals surface area contributed by atoms with Gasteiger partial charge in [-0.3, -0.25) is 0 Å². The van der Waals surface area contributed by atoms with E-state index in [1.165, 1.54) is 5.39 Å². The van der Waals surface area contributed by atoms with Crippen LogP contribution in [-0.2, 0) is 0 Å². The maximum absolute atomic E-state index is 4.16. The molecule has 2 aromatic heterocycles. The van der Waals surface area contributed by atoms with Gasteiger partial charge in [0.1, 0.15) is 11.2 Å². The molecular weight excluding hydrogens is 192 g/mol. The van der Waals surface area contributed by atoms with Crippen molar-refractivity contribution in [2.45, 2.75) is 0 Å².